The zero-order chi connectivity index (χ0) is 95.0. The molecule has 6 saturated heterocycles. The Balaban J connectivity index is 0.000000129. The molecule has 0 aliphatic carbocycles. The molecular formula is C97H109Cl4F6N15O12. The van der Waals surface area contributed by atoms with Gasteiger partial charge in [-0.05, 0) is 234 Å². The zero-order valence-corrected chi connectivity index (χ0v) is 79.7. The molecule has 37 heteroatoms. The number of Topliss-reactive ketones (excluding diaryl/α,β-unsaturated/α-hetero) is 1. The van der Waals surface area contributed by atoms with E-state index in [1.54, 1.807) is 91.2 Å². The minimum absolute atomic E-state index is 0. The molecule has 9 aliphatic heterocycles. The minimum Gasteiger partial charge on any atom is -0.454 e. The molecule has 714 valence electrons. The fraction of sp³-hybridized carbons (Fsp3) is 0.412. The molecular weight excluding hydrogens is 1820 g/mol. The predicted molar refractivity (Wildman–Crippen MR) is 505 cm³/mol. The highest BCUT2D eigenvalue weighted by Crippen LogP contribution is 2.42. The number of benzene rings is 7. The lowest BCUT2D eigenvalue weighted by molar-refractivity contribution is -0.128. The van der Waals surface area contributed by atoms with E-state index >= 15 is 0 Å². The first kappa shape index (κ1) is 98.3. The van der Waals surface area contributed by atoms with E-state index in [4.69, 9.17) is 68.0 Å². The lowest BCUT2D eigenvalue weighted by Gasteiger charge is -2.45. The van der Waals surface area contributed by atoms with Crippen LogP contribution in [0.1, 0.15) is 124 Å². The maximum Gasteiger partial charge on any atom is 0.411 e. The van der Waals surface area contributed by atoms with Crippen molar-refractivity contribution in [2.24, 2.45) is 0 Å². The van der Waals surface area contributed by atoms with E-state index in [2.05, 4.69) is 44.3 Å². The van der Waals surface area contributed by atoms with Gasteiger partial charge in [-0.3, -0.25) is 14.3 Å². The number of amides is 4. The topological polar surface area (TPSA) is 244 Å². The highest BCUT2D eigenvalue weighted by atomic mass is 35.5. The summed E-state index contributed by atoms with van der Waals surface area (Å²) in [5.74, 6) is 1.50. The third-order valence-electron chi connectivity index (χ3n) is 23.1. The Kier molecular flexibility index (Phi) is 29.6. The molecule has 5 aromatic heterocycles. The number of anilines is 3. The van der Waals surface area contributed by atoms with E-state index in [-0.39, 0.29) is 109 Å². The van der Waals surface area contributed by atoms with Crippen LogP contribution in [-0.4, -0.2) is 217 Å². The highest BCUT2D eigenvalue weighted by molar-refractivity contribution is 6.36. The molecule has 14 heterocycles. The predicted octanol–water partition coefficient (Wildman–Crippen LogP) is 20.2. The second-order valence-corrected chi connectivity index (χ2v) is 39.1. The maximum absolute atomic E-state index is 13.6. The molecule has 7 aromatic carbocycles. The highest BCUT2D eigenvalue weighted by Gasteiger charge is 2.42. The Labute approximate surface area is 793 Å². The number of likely N-dealkylation sites (tertiary alicyclic amines) is 4. The van der Waals surface area contributed by atoms with Crippen LogP contribution >= 0.6 is 47.2 Å². The van der Waals surface area contributed by atoms with Crippen molar-refractivity contribution in [1.82, 2.24) is 57.9 Å². The first-order chi connectivity index (χ1) is 63.0. The molecule has 0 radical (unpaired) electrons. The van der Waals surface area contributed by atoms with Crippen molar-refractivity contribution in [1.29, 1.82) is 0 Å². The second-order valence-electron chi connectivity index (χ2n) is 37.8. The molecule has 27 nitrogen and oxygen atoms in total. The van der Waals surface area contributed by atoms with Crippen LogP contribution in [0.25, 0.3) is 49.3 Å². The van der Waals surface area contributed by atoms with Crippen LogP contribution < -0.4 is 29.9 Å². The van der Waals surface area contributed by atoms with Crippen molar-refractivity contribution in [2.75, 3.05) is 121 Å². The molecule has 0 spiro atoms. The SMILES string of the molecule is CC(C)(C)OC(=O)N1CC(=O)C1.CC(C)(C)OC(=O)N1CC(N2CCc3cc(F)ccc32)C1.CC(C)(C)OC(=O)N1CC(n2cc(Cl)c3cc(F)ccc32)C1.CC(C)(C)OC(=O)N1CC(n2ccc3cc(F)ccc32)C1.COCc1nnc(N2CC(n3cc(Cl)c4cc(F)ccc43)C2)n1-c1ccc2c(c1)OCO2.Cl.Fc1ccc2c(c1)CCN2.Fc1ccc2c(c1)c(Cl)cn2C1CNC1. The van der Waals surface area contributed by atoms with Crippen molar-refractivity contribution < 1.29 is 83.5 Å². The molecule has 0 saturated carbocycles. The Morgan fingerprint density at radius 2 is 0.896 bits per heavy atom. The van der Waals surface area contributed by atoms with Crippen LogP contribution in [0.5, 0.6) is 11.5 Å². The summed E-state index contributed by atoms with van der Waals surface area (Å²) in [6.07, 6.45) is 8.08. The quantitative estimate of drug-likeness (QED) is 0.101. The zero-order valence-electron chi connectivity index (χ0n) is 76.6. The number of ketones is 1. The van der Waals surface area contributed by atoms with Gasteiger partial charge >= 0.3 is 24.4 Å². The molecule has 0 atom stereocenters. The van der Waals surface area contributed by atoms with Gasteiger partial charge in [-0.1, -0.05) is 34.8 Å². The average molecular weight is 1930 g/mol. The largest absolute Gasteiger partial charge is 0.454 e. The van der Waals surface area contributed by atoms with Crippen molar-refractivity contribution in [3.8, 4) is 17.2 Å². The monoisotopic (exact) mass is 1930 g/mol. The third-order valence-corrected chi connectivity index (χ3v) is 24.0. The van der Waals surface area contributed by atoms with Gasteiger partial charge < -0.3 is 86.6 Å². The molecule has 0 unspecified atom stereocenters. The Morgan fingerprint density at radius 1 is 0.463 bits per heavy atom. The van der Waals surface area contributed by atoms with Gasteiger partial charge in [-0.2, -0.15) is 0 Å². The fourth-order valence-electron chi connectivity index (χ4n) is 16.4. The molecule has 9 aliphatic rings. The Morgan fingerprint density at radius 3 is 1.38 bits per heavy atom. The number of rotatable bonds is 9. The summed E-state index contributed by atoms with van der Waals surface area (Å²) in [6.45, 7) is 31.9. The number of methoxy groups -OCH3 is 1. The van der Waals surface area contributed by atoms with Crippen LogP contribution in [0.3, 0.4) is 0 Å². The van der Waals surface area contributed by atoms with Crippen molar-refractivity contribution >= 4 is 138 Å². The van der Waals surface area contributed by atoms with E-state index < -0.39 is 28.5 Å². The summed E-state index contributed by atoms with van der Waals surface area (Å²) < 4.78 is 127. The summed E-state index contributed by atoms with van der Waals surface area (Å²) >= 11 is 18.6. The van der Waals surface area contributed by atoms with Gasteiger partial charge in [0.1, 0.15) is 63.9 Å². The summed E-state index contributed by atoms with van der Waals surface area (Å²) in [5.41, 5.74) is 7.10. The van der Waals surface area contributed by atoms with Crippen LogP contribution in [0.4, 0.5) is 62.8 Å². The van der Waals surface area contributed by atoms with Crippen LogP contribution in [0.2, 0.25) is 15.1 Å². The third kappa shape index (κ3) is 23.2. The number of nitrogens with zero attached hydrogens (tertiary/aromatic N) is 13. The normalized spacial score (nSPS) is 16.3. The smallest absolute Gasteiger partial charge is 0.411 e. The molecule has 12 aromatic rings. The first-order valence-corrected chi connectivity index (χ1v) is 45.1. The van der Waals surface area contributed by atoms with Crippen LogP contribution in [0.15, 0.2) is 158 Å². The number of halogens is 10. The van der Waals surface area contributed by atoms with E-state index in [1.165, 1.54) is 65.6 Å². The summed E-state index contributed by atoms with van der Waals surface area (Å²) in [7, 11) is 1.63. The average Bonchev–Trinajstić information content (AvgIpc) is 1.57. The number of hydrogen-bond acceptors (Lipinski definition) is 18. The van der Waals surface area contributed by atoms with Gasteiger partial charge in [-0.15, -0.1) is 22.6 Å². The Bertz CT molecular complexity index is 6300. The van der Waals surface area contributed by atoms with E-state index in [0.717, 1.165) is 111 Å². The number of carbonyl (C=O) groups is 5. The van der Waals surface area contributed by atoms with E-state index in [9.17, 15) is 50.3 Å². The van der Waals surface area contributed by atoms with Crippen LogP contribution in [-0.2, 0) is 47.9 Å². The molecule has 134 heavy (non-hydrogen) atoms. The van der Waals surface area contributed by atoms with E-state index in [1.807, 2.05) is 120 Å². The van der Waals surface area contributed by atoms with Gasteiger partial charge in [0.05, 0.1) is 80.6 Å². The molecule has 2 N–H and O–H groups in total. The van der Waals surface area contributed by atoms with Gasteiger partial charge in [0.15, 0.2) is 23.1 Å². The van der Waals surface area contributed by atoms with Crippen LogP contribution in [0, 0.1) is 34.9 Å². The lowest BCUT2D eigenvalue weighted by atomic mass is 10.1. The second kappa shape index (κ2) is 40.4. The van der Waals surface area contributed by atoms with Gasteiger partial charge in [-0.25, -0.2) is 45.5 Å². The lowest BCUT2D eigenvalue weighted by Crippen LogP contribution is -2.61. The number of nitrogens with one attached hydrogen (secondary N) is 2. The summed E-state index contributed by atoms with van der Waals surface area (Å²) in [4.78, 5) is 68.3. The molecule has 4 amide bonds. The fourth-order valence-corrected chi connectivity index (χ4v) is 17.2. The van der Waals surface area contributed by atoms with Crippen molar-refractivity contribution in [3.63, 3.8) is 0 Å². The number of hydrogen-bond donors (Lipinski definition) is 2. The van der Waals surface area contributed by atoms with Crippen molar-refractivity contribution in [2.45, 2.75) is 155 Å². The number of carbonyl (C=O) groups excluding carboxylic acids is 5. The number of fused-ring (bicyclic) bond motifs is 7. The molecule has 21 rings (SSSR count). The summed E-state index contributed by atoms with van der Waals surface area (Å²) in [5, 5.41) is 19.9. The Hall–Kier alpha value is -11.8. The van der Waals surface area contributed by atoms with E-state index in [0.29, 0.717) is 109 Å². The first-order valence-electron chi connectivity index (χ1n) is 44.0. The standard InChI is InChI=1S/C22H19ClFN5O3.C16H18ClFN2O2.C16H21FN2O2.C16H19FN2O2.C11H10ClFN2.C8H8FN.C8H13NO3.ClH/c1-30-11-21-25-26-22(29(21)14-3-5-19-20(7-14)32-12-31-19)27-8-15(9-27)28-10-17(23)16-6-13(24)2-4-18(16)28;1-16(2,3)22-15(21)19-7-11(8-19)20-9-13(17)12-6-10(18)4-5-14(12)20;2*1-16(2,3)21-15(20)18-9-13(10-18)19-7-6-11-8-12(17)4-5-14(11)19;12-10-6-15(8-4-14-5-8)11-2-1-7(13)3-9(10)11;9-7-1-2-8-6(5-7)3-4-10-8;1-8(2,3)12-7(11)9-4-6(10)5-9;/h2-7,10,15H,8-9,11-12H2,1H3;4-6,9,11H,7-8H2,1-3H3;4-5,8,13H,6-7,9-10H2,1-3H3;4-8,13H,9-10H2,1-3H3;1-3,6,8,14H,4-5H2;1-2,5,10H,3-4H2;4-5H2,1-3H3;1H. The van der Waals surface area contributed by atoms with Crippen molar-refractivity contribution in [3.05, 3.63) is 225 Å². The van der Waals surface area contributed by atoms with Gasteiger partial charge in [0.2, 0.25) is 12.7 Å². The molecule has 0 bridgehead atoms. The summed E-state index contributed by atoms with van der Waals surface area (Å²) in [6, 6.07) is 37.5. The maximum atomic E-state index is 13.6. The van der Waals surface area contributed by atoms with Gasteiger partial charge in [0, 0.05) is 155 Å². The number of ether oxygens (including phenoxy) is 7. The molecule has 6 fully saturated rings. The van der Waals surface area contributed by atoms with Gasteiger partial charge in [0.25, 0.3) is 0 Å². The number of aromatic nitrogens is 7. The minimum atomic E-state index is -0.497.